The fourth-order valence-corrected chi connectivity index (χ4v) is 2.42. The van der Waals surface area contributed by atoms with Crippen molar-refractivity contribution in [1.82, 2.24) is 5.32 Å². The zero-order valence-electron chi connectivity index (χ0n) is 10.7. The molecule has 1 N–H and O–H groups in total. The number of halogens is 1. The zero-order valence-corrected chi connectivity index (χ0v) is 11.4. The predicted octanol–water partition coefficient (Wildman–Crippen LogP) is 3.56. The van der Waals surface area contributed by atoms with E-state index in [4.69, 9.17) is 16.3 Å². The Bertz CT molecular complexity index is 565. The molecule has 3 rings (SSSR count). The summed E-state index contributed by atoms with van der Waals surface area (Å²) >= 11 is 5.86. The topological polar surface area (TPSA) is 21.3 Å². The minimum Gasteiger partial charge on any atom is -0.489 e. The molecule has 0 saturated heterocycles. The van der Waals surface area contributed by atoms with Crippen molar-refractivity contribution >= 4 is 11.6 Å². The van der Waals surface area contributed by atoms with Crippen molar-refractivity contribution in [3.8, 4) is 5.75 Å². The van der Waals surface area contributed by atoms with Crippen LogP contribution in [-0.2, 0) is 19.6 Å². The number of rotatable bonds is 3. The summed E-state index contributed by atoms with van der Waals surface area (Å²) in [6, 6.07) is 14.1. The Morgan fingerprint density at radius 2 is 1.89 bits per heavy atom. The van der Waals surface area contributed by atoms with Crippen molar-refractivity contribution in [1.29, 1.82) is 0 Å². The summed E-state index contributed by atoms with van der Waals surface area (Å²) in [6.45, 7) is 2.58. The summed E-state index contributed by atoms with van der Waals surface area (Å²) in [5, 5.41) is 4.13. The van der Waals surface area contributed by atoms with E-state index in [1.165, 1.54) is 11.1 Å². The second-order valence-corrected chi connectivity index (χ2v) is 5.21. The third-order valence-corrected chi connectivity index (χ3v) is 3.64. The Balaban J connectivity index is 1.68. The minimum atomic E-state index is 0.573. The Kier molecular flexibility index (Phi) is 3.72. The molecule has 0 radical (unpaired) electrons. The quantitative estimate of drug-likeness (QED) is 0.923. The SMILES string of the molecule is Clc1ccc(COc2ccc3c(c2)CNCC3)cc1. The van der Waals surface area contributed by atoms with Gasteiger partial charge < -0.3 is 10.1 Å². The standard InChI is InChI=1S/C16H16ClNO/c17-15-4-1-12(2-5-15)11-19-16-6-3-13-7-8-18-10-14(13)9-16/h1-6,9,18H,7-8,10-11H2. The average molecular weight is 274 g/mol. The number of nitrogens with one attached hydrogen (secondary N) is 1. The summed E-state index contributed by atoms with van der Waals surface area (Å²) < 4.78 is 5.83. The van der Waals surface area contributed by atoms with Gasteiger partial charge in [-0.3, -0.25) is 0 Å². The maximum absolute atomic E-state index is 5.86. The molecule has 19 heavy (non-hydrogen) atoms. The highest BCUT2D eigenvalue weighted by Gasteiger charge is 2.09. The number of fused-ring (bicyclic) bond motifs is 1. The van der Waals surface area contributed by atoms with Gasteiger partial charge >= 0.3 is 0 Å². The lowest BCUT2D eigenvalue weighted by Crippen LogP contribution is -2.23. The van der Waals surface area contributed by atoms with Crippen LogP contribution in [-0.4, -0.2) is 6.54 Å². The van der Waals surface area contributed by atoms with E-state index in [2.05, 4.69) is 23.5 Å². The van der Waals surface area contributed by atoms with Gasteiger partial charge in [0.2, 0.25) is 0 Å². The molecule has 2 aromatic rings. The molecular formula is C16H16ClNO. The first-order valence-corrected chi connectivity index (χ1v) is 6.89. The molecule has 3 heteroatoms. The first kappa shape index (κ1) is 12.5. The Labute approximate surface area is 118 Å². The van der Waals surface area contributed by atoms with Crippen LogP contribution in [0.2, 0.25) is 5.02 Å². The molecule has 1 aliphatic heterocycles. The Hall–Kier alpha value is -1.51. The van der Waals surface area contributed by atoms with Gasteiger partial charge in [-0.15, -0.1) is 0 Å². The van der Waals surface area contributed by atoms with Crippen molar-refractivity contribution < 1.29 is 4.74 Å². The van der Waals surface area contributed by atoms with Crippen molar-refractivity contribution in [3.05, 3.63) is 64.2 Å². The zero-order chi connectivity index (χ0) is 13.1. The Morgan fingerprint density at radius 1 is 1.05 bits per heavy atom. The van der Waals surface area contributed by atoms with Crippen LogP contribution >= 0.6 is 11.6 Å². The molecule has 98 valence electrons. The van der Waals surface area contributed by atoms with E-state index in [0.717, 1.165) is 35.8 Å². The van der Waals surface area contributed by atoms with E-state index in [1.807, 2.05) is 24.3 Å². The number of hydrogen-bond acceptors (Lipinski definition) is 2. The van der Waals surface area contributed by atoms with Crippen molar-refractivity contribution in [3.63, 3.8) is 0 Å². The minimum absolute atomic E-state index is 0.573. The van der Waals surface area contributed by atoms with Crippen LogP contribution in [0.1, 0.15) is 16.7 Å². The monoisotopic (exact) mass is 273 g/mol. The molecule has 1 aliphatic rings. The molecule has 0 aliphatic carbocycles. The summed E-state index contributed by atoms with van der Waals surface area (Å²) in [5.41, 5.74) is 3.90. The molecule has 0 saturated carbocycles. The first-order valence-electron chi connectivity index (χ1n) is 6.51. The van der Waals surface area contributed by atoms with Gasteiger partial charge in [-0.05, 0) is 53.9 Å². The molecule has 1 heterocycles. The number of hydrogen-bond donors (Lipinski definition) is 1. The lowest BCUT2D eigenvalue weighted by atomic mass is 10.0. The third kappa shape index (κ3) is 3.09. The molecule has 0 aromatic heterocycles. The van der Waals surface area contributed by atoms with Gasteiger partial charge in [-0.2, -0.15) is 0 Å². The highest BCUT2D eigenvalue weighted by atomic mass is 35.5. The van der Waals surface area contributed by atoms with Crippen LogP contribution in [0.5, 0.6) is 5.75 Å². The van der Waals surface area contributed by atoms with Crippen LogP contribution in [0.3, 0.4) is 0 Å². The first-order chi connectivity index (χ1) is 9.31. The maximum Gasteiger partial charge on any atom is 0.120 e. The molecule has 0 fully saturated rings. The molecule has 0 unspecified atom stereocenters. The molecule has 0 spiro atoms. The normalized spacial score (nSPS) is 13.9. The highest BCUT2D eigenvalue weighted by Crippen LogP contribution is 2.21. The van der Waals surface area contributed by atoms with Gasteiger partial charge in [0.15, 0.2) is 0 Å². The fourth-order valence-electron chi connectivity index (χ4n) is 2.29. The van der Waals surface area contributed by atoms with E-state index in [-0.39, 0.29) is 0 Å². The molecule has 0 amide bonds. The van der Waals surface area contributed by atoms with E-state index < -0.39 is 0 Å². The van der Waals surface area contributed by atoms with Gasteiger partial charge in [0.1, 0.15) is 12.4 Å². The molecule has 2 nitrogen and oxygen atoms in total. The second kappa shape index (κ2) is 5.64. The lowest BCUT2D eigenvalue weighted by molar-refractivity contribution is 0.305. The van der Waals surface area contributed by atoms with Gasteiger partial charge in [-0.25, -0.2) is 0 Å². The fraction of sp³-hybridized carbons (Fsp3) is 0.250. The van der Waals surface area contributed by atoms with E-state index >= 15 is 0 Å². The molecule has 2 aromatic carbocycles. The largest absolute Gasteiger partial charge is 0.489 e. The van der Waals surface area contributed by atoms with E-state index in [0.29, 0.717) is 6.61 Å². The van der Waals surface area contributed by atoms with Gasteiger partial charge in [0, 0.05) is 11.6 Å². The van der Waals surface area contributed by atoms with E-state index in [9.17, 15) is 0 Å². The van der Waals surface area contributed by atoms with Crippen LogP contribution in [0.25, 0.3) is 0 Å². The third-order valence-electron chi connectivity index (χ3n) is 3.38. The van der Waals surface area contributed by atoms with Crippen molar-refractivity contribution in [2.24, 2.45) is 0 Å². The summed E-state index contributed by atoms with van der Waals surface area (Å²) in [7, 11) is 0. The smallest absolute Gasteiger partial charge is 0.120 e. The van der Waals surface area contributed by atoms with E-state index in [1.54, 1.807) is 0 Å². The van der Waals surface area contributed by atoms with Crippen LogP contribution in [0.15, 0.2) is 42.5 Å². The van der Waals surface area contributed by atoms with Gasteiger partial charge in [0.05, 0.1) is 0 Å². The van der Waals surface area contributed by atoms with Crippen LogP contribution in [0.4, 0.5) is 0 Å². The van der Waals surface area contributed by atoms with Crippen molar-refractivity contribution in [2.45, 2.75) is 19.6 Å². The molecule has 0 atom stereocenters. The summed E-state index contributed by atoms with van der Waals surface area (Å²) in [5.74, 6) is 0.928. The summed E-state index contributed by atoms with van der Waals surface area (Å²) in [6.07, 6.45) is 1.10. The number of benzene rings is 2. The van der Waals surface area contributed by atoms with Gasteiger partial charge in [0.25, 0.3) is 0 Å². The predicted molar refractivity (Wildman–Crippen MR) is 77.6 cm³/mol. The molecular weight excluding hydrogens is 258 g/mol. The second-order valence-electron chi connectivity index (χ2n) is 4.77. The van der Waals surface area contributed by atoms with Crippen LogP contribution < -0.4 is 10.1 Å². The lowest BCUT2D eigenvalue weighted by Gasteiger charge is -2.18. The average Bonchev–Trinajstić information content (AvgIpc) is 2.46. The highest BCUT2D eigenvalue weighted by molar-refractivity contribution is 6.30. The summed E-state index contributed by atoms with van der Waals surface area (Å²) in [4.78, 5) is 0. The van der Waals surface area contributed by atoms with Crippen LogP contribution in [0, 0.1) is 0 Å². The maximum atomic E-state index is 5.86. The van der Waals surface area contributed by atoms with Crippen molar-refractivity contribution in [2.75, 3.05) is 6.54 Å². The Morgan fingerprint density at radius 3 is 2.74 bits per heavy atom. The molecule has 0 bridgehead atoms. The van der Waals surface area contributed by atoms with Gasteiger partial charge in [-0.1, -0.05) is 29.8 Å². The number of ether oxygens (including phenoxy) is 1.